The summed E-state index contributed by atoms with van der Waals surface area (Å²) in [7, 11) is 0. The number of hydrogen-bond acceptors (Lipinski definition) is 12. The number of phenols is 1. The van der Waals surface area contributed by atoms with Crippen LogP contribution in [-0.2, 0) is 9.59 Å². The van der Waals surface area contributed by atoms with Crippen molar-refractivity contribution in [3.05, 3.63) is 101 Å². The van der Waals surface area contributed by atoms with Gasteiger partial charge in [0.2, 0.25) is 11.8 Å². The van der Waals surface area contributed by atoms with Gasteiger partial charge in [-0.1, -0.05) is 57.2 Å². The van der Waals surface area contributed by atoms with Gasteiger partial charge in [0.05, 0.1) is 45.8 Å². The number of aliphatic hydroxyl groups is 1. The Kier molecular flexibility index (Phi) is 11.7. The number of thiazole rings is 1. The number of rotatable bonds is 10. The van der Waals surface area contributed by atoms with E-state index < -0.39 is 35.4 Å². The molecular formula is C43H49N9O5S. The maximum absolute atomic E-state index is 14.3. The number of carbonyl (C=O) groups excluding carboxylic acids is 3. The van der Waals surface area contributed by atoms with Crippen LogP contribution >= 0.6 is 11.3 Å². The number of aliphatic hydroxyl groups excluding tert-OH is 1. The molecule has 2 aliphatic rings. The molecule has 2 aliphatic heterocycles. The lowest BCUT2D eigenvalue weighted by molar-refractivity contribution is -0.142. The molecule has 7 rings (SSSR count). The number of pyridine rings is 1. The van der Waals surface area contributed by atoms with Crippen molar-refractivity contribution >= 4 is 40.6 Å². The van der Waals surface area contributed by atoms with E-state index in [0.717, 1.165) is 27.4 Å². The summed E-state index contributed by atoms with van der Waals surface area (Å²) in [5.41, 5.74) is 6.45. The summed E-state index contributed by atoms with van der Waals surface area (Å²) < 4.78 is 0. The molecule has 2 fully saturated rings. The molecule has 0 aliphatic carbocycles. The number of likely N-dealkylation sites (tertiary alicyclic amines) is 1. The van der Waals surface area contributed by atoms with Gasteiger partial charge in [-0.3, -0.25) is 14.4 Å². The zero-order chi connectivity index (χ0) is 41.1. The van der Waals surface area contributed by atoms with Gasteiger partial charge in [-0.05, 0) is 60.7 Å². The first-order chi connectivity index (χ1) is 27.8. The highest BCUT2D eigenvalue weighted by molar-refractivity contribution is 7.13. The molecular weight excluding hydrogens is 755 g/mol. The first-order valence-corrected chi connectivity index (χ1v) is 20.3. The third-order valence-corrected chi connectivity index (χ3v) is 11.8. The van der Waals surface area contributed by atoms with Gasteiger partial charge >= 0.3 is 0 Å². The van der Waals surface area contributed by atoms with E-state index in [-0.39, 0.29) is 30.7 Å². The molecule has 0 spiro atoms. The Morgan fingerprint density at radius 1 is 0.931 bits per heavy atom. The summed E-state index contributed by atoms with van der Waals surface area (Å²) in [6, 6.07) is 18.0. The highest BCUT2D eigenvalue weighted by Crippen LogP contribution is 2.32. The fourth-order valence-corrected chi connectivity index (χ4v) is 8.32. The molecule has 4 atom stereocenters. The number of aromatic hydroxyl groups is 1. The summed E-state index contributed by atoms with van der Waals surface area (Å²) in [6.07, 6.45) is 2.50. The van der Waals surface area contributed by atoms with E-state index in [0.29, 0.717) is 48.8 Å². The van der Waals surface area contributed by atoms with Crippen LogP contribution in [0.4, 0.5) is 11.5 Å². The molecule has 0 radical (unpaired) electrons. The maximum atomic E-state index is 14.3. The number of carbonyl (C=O) groups is 3. The topological polar surface area (TPSA) is 177 Å². The highest BCUT2D eigenvalue weighted by atomic mass is 32.1. The molecule has 5 aromatic rings. The molecule has 5 heterocycles. The number of piperazine rings is 1. The number of nitrogens with one attached hydrogen (secondary N) is 2. The number of amides is 3. The van der Waals surface area contributed by atoms with E-state index in [2.05, 4.69) is 40.6 Å². The Morgan fingerprint density at radius 3 is 2.34 bits per heavy atom. The number of para-hydroxylation sites is 1. The average Bonchev–Trinajstić information content (AvgIpc) is 3.84. The van der Waals surface area contributed by atoms with Crippen LogP contribution in [0.1, 0.15) is 61.8 Å². The molecule has 3 amide bonds. The van der Waals surface area contributed by atoms with Gasteiger partial charge in [-0.25, -0.2) is 9.97 Å². The summed E-state index contributed by atoms with van der Waals surface area (Å²) in [4.78, 5) is 57.6. The predicted octanol–water partition coefficient (Wildman–Crippen LogP) is 4.99. The number of aromatic nitrogens is 4. The summed E-state index contributed by atoms with van der Waals surface area (Å²) in [5, 5.41) is 35.4. The van der Waals surface area contributed by atoms with Gasteiger partial charge in [-0.15, -0.1) is 11.3 Å². The number of benzene rings is 2. The lowest BCUT2D eigenvalue weighted by atomic mass is 9.85. The first kappa shape index (κ1) is 40.3. The fourth-order valence-electron chi connectivity index (χ4n) is 7.51. The quantitative estimate of drug-likeness (QED) is 0.150. The number of β-amino-alcohol motifs (C(OH)–C–C–N with tert-alkyl or cyclic N) is 1. The smallest absolute Gasteiger partial charge is 0.252 e. The Hall–Kier alpha value is -5.93. The molecule has 58 heavy (non-hydrogen) atoms. The zero-order valence-electron chi connectivity index (χ0n) is 33.3. The summed E-state index contributed by atoms with van der Waals surface area (Å²) in [5.74, 6) is -0.470. The van der Waals surface area contributed by atoms with Gasteiger partial charge in [0.1, 0.15) is 23.7 Å². The number of phenolic OH excluding ortho intramolecular Hbond substituents is 1. The Labute approximate surface area is 342 Å². The van der Waals surface area contributed by atoms with Gasteiger partial charge in [0.25, 0.3) is 5.91 Å². The van der Waals surface area contributed by atoms with Crippen molar-refractivity contribution in [3.63, 3.8) is 0 Å². The largest absolute Gasteiger partial charge is 0.507 e. The van der Waals surface area contributed by atoms with E-state index >= 15 is 0 Å². The predicted molar refractivity (Wildman–Crippen MR) is 223 cm³/mol. The van der Waals surface area contributed by atoms with E-state index in [1.807, 2.05) is 76.5 Å². The van der Waals surface area contributed by atoms with E-state index in [4.69, 9.17) is 0 Å². The highest BCUT2D eigenvalue weighted by Gasteiger charge is 2.45. The SMILES string of the molecule is Cc1ncsc1-c1ccc(C(C)NC(=O)C2CC(O)CN2C(=O)C(NC(=O)c2ccnc(N3CCN(c4cnnc(-c5ccccc5O)c4)CC3)c2)C(C)(C)C)cc1. The van der Waals surface area contributed by atoms with Crippen molar-refractivity contribution < 1.29 is 24.6 Å². The molecule has 4 N–H and O–H groups in total. The number of aryl methyl sites for hydroxylation is 1. The van der Waals surface area contributed by atoms with Crippen LogP contribution in [0.2, 0.25) is 0 Å². The van der Waals surface area contributed by atoms with Crippen LogP contribution in [0.15, 0.2) is 84.6 Å². The first-order valence-electron chi connectivity index (χ1n) is 19.4. The van der Waals surface area contributed by atoms with Gasteiger partial charge in [-0.2, -0.15) is 10.2 Å². The average molecular weight is 804 g/mol. The standard InChI is InChI=1S/C43H49N9O5S/c1-26(28-10-12-29(13-11-28)38-27(2)45-25-58-38)47-41(56)35-22-32(53)24-52(35)42(57)39(43(3,4)5)48-40(55)30-14-15-44-37(20-30)51-18-16-50(17-19-51)31-21-34(49-46-23-31)33-8-6-7-9-36(33)54/h6-15,20-21,23,25-26,32,35,39,53-54H,16-19,22,24H2,1-5H3,(H,47,56)(H,48,55). The van der Waals surface area contributed by atoms with Crippen molar-refractivity contribution in [1.82, 2.24) is 35.7 Å². The minimum Gasteiger partial charge on any atom is -0.507 e. The Bertz CT molecular complexity index is 2270. The Morgan fingerprint density at radius 2 is 1.66 bits per heavy atom. The van der Waals surface area contributed by atoms with Crippen molar-refractivity contribution in [3.8, 4) is 27.4 Å². The summed E-state index contributed by atoms with van der Waals surface area (Å²) >= 11 is 1.58. The van der Waals surface area contributed by atoms with Gasteiger partial charge in [0, 0.05) is 56.5 Å². The molecule has 15 heteroatoms. The molecule has 0 bridgehead atoms. The van der Waals surface area contributed by atoms with Crippen molar-refractivity contribution in [1.29, 1.82) is 0 Å². The summed E-state index contributed by atoms with van der Waals surface area (Å²) in [6.45, 7) is 12.0. The maximum Gasteiger partial charge on any atom is 0.252 e. The number of anilines is 2. The lowest BCUT2D eigenvalue weighted by Gasteiger charge is -2.37. The molecule has 2 saturated heterocycles. The lowest BCUT2D eigenvalue weighted by Crippen LogP contribution is -2.57. The molecule has 302 valence electrons. The second-order valence-corrected chi connectivity index (χ2v) is 16.8. The second-order valence-electron chi connectivity index (χ2n) is 16.0. The van der Waals surface area contributed by atoms with Crippen LogP contribution in [-0.4, -0.2) is 104 Å². The molecule has 4 unspecified atom stereocenters. The van der Waals surface area contributed by atoms with Crippen LogP contribution in [0.25, 0.3) is 21.7 Å². The number of nitrogens with zero attached hydrogens (tertiary/aromatic N) is 7. The van der Waals surface area contributed by atoms with Crippen molar-refractivity contribution in [2.75, 3.05) is 42.5 Å². The van der Waals surface area contributed by atoms with Crippen molar-refractivity contribution in [2.45, 2.75) is 65.3 Å². The fraction of sp³-hybridized carbons (Fsp3) is 0.372. The van der Waals surface area contributed by atoms with E-state index in [1.54, 1.807) is 54.1 Å². The normalized spacial score (nSPS) is 18.1. The van der Waals surface area contributed by atoms with Gasteiger partial charge < -0.3 is 35.5 Å². The molecule has 0 saturated carbocycles. The van der Waals surface area contributed by atoms with Crippen LogP contribution in [0.5, 0.6) is 5.75 Å². The van der Waals surface area contributed by atoms with Crippen LogP contribution in [0.3, 0.4) is 0 Å². The Balaban J connectivity index is 0.989. The van der Waals surface area contributed by atoms with E-state index in [9.17, 15) is 24.6 Å². The molecule has 2 aromatic carbocycles. The van der Waals surface area contributed by atoms with Crippen LogP contribution in [0, 0.1) is 12.3 Å². The minimum absolute atomic E-state index is 0.0202. The minimum atomic E-state index is -0.988. The molecule has 3 aromatic heterocycles. The zero-order valence-corrected chi connectivity index (χ0v) is 34.1. The monoisotopic (exact) mass is 803 g/mol. The number of hydrogen-bond donors (Lipinski definition) is 4. The third-order valence-electron chi connectivity index (χ3n) is 10.8. The second kappa shape index (κ2) is 16.9. The van der Waals surface area contributed by atoms with Crippen molar-refractivity contribution in [2.24, 2.45) is 5.41 Å². The van der Waals surface area contributed by atoms with E-state index in [1.165, 1.54) is 4.90 Å². The van der Waals surface area contributed by atoms with Crippen LogP contribution < -0.4 is 20.4 Å². The third kappa shape index (κ3) is 8.80. The molecule has 14 nitrogen and oxygen atoms in total. The van der Waals surface area contributed by atoms with Gasteiger partial charge in [0.15, 0.2) is 0 Å².